The van der Waals surface area contributed by atoms with Gasteiger partial charge < -0.3 is 19.2 Å². The van der Waals surface area contributed by atoms with Crippen LogP contribution in [0.4, 0.5) is 4.79 Å². The monoisotopic (exact) mass is 255 g/mol. The fraction of sp³-hybridized carbons (Fsp3) is 0.846. The number of hydrogen-bond acceptors (Lipinski definition) is 4. The first-order chi connectivity index (χ1) is 8.39. The van der Waals surface area contributed by atoms with E-state index in [4.69, 9.17) is 9.47 Å². The van der Waals surface area contributed by atoms with Crippen molar-refractivity contribution in [1.29, 1.82) is 0 Å². The van der Waals surface area contributed by atoms with Crippen LogP contribution < -0.4 is 0 Å². The number of likely N-dealkylation sites (tertiary alicyclic amines) is 1. The van der Waals surface area contributed by atoms with Gasteiger partial charge in [-0.15, -0.1) is 0 Å². The van der Waals surface area contributed by atoms with Crippen molar-refractivity contribution in [3.8, 4) is 0 Å². The van der Waals surface area contributed by atoms with Crippen LogP contribution in [0.15, 0.2) is 0 Å². The van der Waals surface area contributed by atoms with E-state index in [9.17, 15) is 9.59 Å². The van der Waals surface area contributed by atoms with Gasteiger partial charge in [0.05, 0.1) is 11.5 Å². The second-order valence-corrected chi connectivity index (χ2v) is 6.05. The van der Waals surface area contributed by atoms with Crippen molar-refractivity contribution >= 4 is 12.4 Å². The predicted octanol–water partition coefficient (Wildman–Crippen LogP) is 1.60. The van der Waals surface area contributed by atoms with E-state index in [1.165, 1.54) is 0 Å². The third kappa shape index (κ3) is 2.23. The van der Waals surface area contributed by atoms with E-state index in [0.29, 0.717) is 19.8 Å². The Labute approximate surface area is 107 Å². The lowest BCUT2D eigenvalue weighted by molar-refractivity contribution is -0.146. The number of amides is 1. The number of rotatable bonds is 1. The van der Waals surface area contributed by atoms with Gasteiger partial charge in [0.2, 0.25) is 0 Å². The first-order valence-corrected chi connectivity index (χ1v) is 6.43. The van der Waals surface area contributed by atoms with Crippen molar-refractivity contribution in [3.05, 3.63) is 0 Å². The van der Waals surface area contributed by atoms with E-state index in [1.54, 1.807) is 4.90 Å². The topological polar surface area (TPSA) is 55.8 Å². The van der Waals surface area contributed by atoms with Crippen LogP contribution in [0.5, 0.6) is 0 Å². The van der Waals surface area contributed by atoms with E-state index >= 15 is 0 Å². The van der Waals surface area contributed by atoms with Gasteiger partial charge in [-0.2, -0.15) is 0 Å². The van der Waals surface area contributed by atoms with E-state index in [-0.39, 0.29) is 17.6 Å². The Morgan fingerprint density at radius 3 is 2.50 bits per heavy atom. The van der Waals surface area contributed by atoms with E-state index < -0.39 is 5.60 Å². The number of ether oxygens (including phenoxy) is 2. The maximum absolute atomic E-state index is 12.1. The molecule has 5 nitrogen and oxygen atoms in total. The quantitative estimate of drug-likeness (QED) is 0.668. The minimum absolute atomic E-state index is 0.0751. The van der Waals surface area contributed by atoms with Crippen LogP contribution in [0.1, 0.15) is 33.6 Å². The van der Waals surface area contributed by atoms with E-state index in [1.807, 2.05) is 20.8 Å². The first-order valence-electron chi connectivity index (χ1n) is 6.43. The van der Waals surface area contributed by atoms with Gasteiger partial charge in [-0.1, -0.05) is 0 Å². The van der Waals surface area contributed by atoms with Gasteiger partial charge in [0, 0.05) is 19.8 Å². The molecule has 1 spiro atoms. The Morgan fingerprint density at radius 1 is 1.39 bits per heavy atom. The molecule has 0 bridgehead atoms. The molecule has 2 fully saturated rings. The molecule has 0 aliphatic carbocycles. The zero-order valence-corrected chi connectivity index (χ0v) is 11.3. The SMILES string of the molecule is CC(C)(C)OC(=O)N1CC(C=O)C12CCOCC2. The molecule has 18 heavy (non-hydrogen) atoms. The summed E-state index contributed by atoms with van der Waals surface area (Å²) in [5.74, 6) is -0.0751. The number of aldehydes is 1. The van der Waals surface area contributed by atoms with Gasteiger partial charge in [0.1, 0.15) is 11.9 Å². The summed E-state index contributed by atoms with van der Waals surface area (Å²) >= 11 is 0. The third-order valence-corrected chi connectivity index (χ3v) is 3.74. The second kappa shape index (κ2) is 4.53. The summed E-state index contributed by atoms with van der Waals surface area (Å²) in [6.07, 6.45) is 2.08. The summed E-state index contributed by atoms with van der Waals surface area (Å²) in [7, 11) is 0. The van der Waals surface area contributed by atoms with Gasteiger partial charge in [0.15, 0.2) is 0 Å². The van der Waals surface area contributed by atoms with Crippen molar-refractivity contribution < 1.29 is 19.1 Å². The Balaban J connectivity index is 2.09. The van der Waals surface area contributed by atoms with Gasteiger partial charge in [-0.05, 0) is 33.6 Å². The molecule has 0 aromatic rings. The number of hydrogen-bond donors (Lipinski definition) is 0. The summed E-state index contributed by atoms with van der Waals surface area (Å²) in [5, 5.41) is 0. The van der Waals surface area contributed by atoms with Crippen LogP contribution in [0, 0.1) is 5.92 Å². The van der Waals surface area contributed by atoms with Crippen molar-refractivity contribution in [1.82, 2.24) is 4.90 Å². The molecule has 2 rings (SSSR count). The molecule has 0 N–H and O–H groups in total. The average molecular weight is 255 g/mol. The summed E-state index contributed by atoms with van der Waals surface area (Å²) in [5.41, 5.74) is -0.863. The fourth-order valence-corrected chi connectivity index (χ4v) is 2.74. The third-order valence-electron chi connectivity index (χ3n) is 3.74. The molecular formula is C13H21NO4. The maximum Gasteiger partial charge on any atom is 0.410 e. The van der Waals surface area contributed by atoms with Crippen LogP contribution in [-0.4, -0.2) is 48.2 Å². The van der Waals surface area contributed by atoms with Gasteiger partial charge in [-0.25, -0.2) is 4.79 Å². The van der Waals surface area contributed by atoms with Gasteiger partial charge in [0.25, 0.3) is 0 Å². The Bertz CT molecular complexity index is 341. The lowest BCUT2D eigenvalue weighted by Crippen LogP contribution is -2.71. The average Bonchev–Trinajstić information content (AvgIpc) is 2.27. The molecule has 5 heteroatoms. The predicted molar refractivity (Wildman–Crippen MR) is 65.3 cm³/mol. The van der Waals surface area contributed by atoms with Crippen molar-refractivity contribution in [3.63, 3.8) is 0 Å². The molecule has 102 valence electrons. The van der Waals surface area contributed by atoms with Crippen LogP contribution in [0.3, 0.4) is 0 Å². The highest BCUT2D eigenvalue weighted by atomic mass is 16.6. The van der Waals surface area contributed by atoms with Crippen LogP contribution in [0.25, 0.3) is 0 Å². The highest BCUT2D eigenvalue weighted by molar-refractivity contribution is 5.74. The number of nitrogens with zero attached hydrogens (tertiary/aromatic N) is 1. The molecule has 0 saturated carbocycles. The molecule has 1 amide bonds. The summed E-state index contributed by atoms with van der Waals surface area (Å²) in [6.45, 7) is 7.21. The molecule has 1 atom stereocenters. The molecule has 2 aliphatic rings. The minimum Gasteiger partial charge on any atom is -0.444 e. The van der Waals surface area contributed by atoms with Crippen LogP contribution in [0.2, 0.25) is 0 Å². The smallest absolute Gasteiger partial charge is 0.410 e. The molecule has 2 heterocycles. The largest absolute Gasteiger partial charge is 0.444 e. The van der Waals surface area contributed by atoms with Crippen molar-refractivity contribution in [2.24, 2.45) is 5.92 Å². The highest BCUT2D eigenvalue weighted by Crippen LogP contribution is 2.43. The molecule has 0 aromatic carbocycles. The molecule has 0 radical (unpaired) electrons. The summed E-state index contributed by atoms with van der Waals surface area (Å²) in [4.78, 5) is 24.9. The zero-order valence-electron chi connectivity index (χ0n) is 11.3. The Kier molecular flexibility index (Phi) is 3.36. The first kappa shape index (κ1) is 13.3. The van der Waals surface area contributed by atoms with Gasteiger partial charge >= 0.3 is 6.09 Å². The van der Waals surface area contributed by atoms with Gasteiger partial charge in [-0.3, -0.25) is 0 Å². The lowest BCUT2D eigenvalue weighted by Gasteiger charge is -2.57. The zero-order chi connectivity index (χ0) is 13.4. The lowest BCUT2D eigenvalue weighted by atomic mass is 9.70. The minimum atomic E-state index is -0.504. The molecule has 2 saturated heterocycles. The van der Waals surface area contributed by atoms with Crippen LogP contribution in [-0.2, 0) is 14.3 Å². The Hall–Kier alpha value is -1.10. The van der Waals surface area contributed by atoms with Crippen molar-refractivity contribution in [2.75, 3.05) is 19.8 Å². The summed E-state index contributed by atoms with van der Waals surface area (Å²) in [6, 6.07) is 0. The second-order valence-electron chi connectivity index (χ2n) is 6.05. The van der Waals surface area contributed by atoms with E-state index in [2.05, 4.69) is 0 Å². The number of carbonyl (C=O) groups is 2. The van der Waals surface area contributed by atoms with E-state index in [0.717, 1.165) is 19.1 Å². The standard InChI is InChI=1S/C13H21NO4/c1-12(2,3)18-11(16)14-8-10(9-15)13(14)4-6-17-7-5-13/h9-10H,4-8H2,1-3H3. The molecular weight excluding hydrogens is 234 g/mol. The van der Waals surface area contributed by atoms with Crippen LogP contribution >= 0.6 is 0 Å². The highest BCUT2D eigenvalue weighted by Gasteiger charge is 2.56. The molecule has 1 unspecified atom stereocenters. The molecule has 0 aromatic heterocycles. The number of carbonyl (C=O) groups excluding carboxylic acids is 2. The maximum atomic E-state index is 12.1. The normalized spacial score (nSPS) is 26.6. The fourth-order valence-electron chi connectivity index (χ4n) is 2.74. The molecule has 2 aliphatic heterocycles. The Morgan fingerprint density at radius 2 is 2.00 bits per heavy atom. The summed E-state index contributed by atoms with van der Waals surface area (Å²) < 4.78 is 10.7. The van der Waals surface area contributed by atoms with Crippen molar-refractivity contribution in [2.45, 2.75) is 44.8 Å².